The van der Waals surface area contributed by atoms with Crippen LogP contribution in [0.15, 0.2) is 18.2 Å². The number of rotatable bonds is 4. The first-order valence-electron chi connectivity index (χ1n) is 5.45. The molecule has 0 aromatic heterocycles. The van der Waals surface area contributed by atoms with Crippen molar-refractivity contribution in [1.29, 1.82) is 5.26 Å². The van der Waals surface area contributed by atoms with Crippen molar-refractivity contribution in [3.05, 3.63) is 29.3 Å². The zero-order chi connectivity index (χ0) is 11.6. The van der Waals surface area contributed by atoms with Crippen LogP contribution in [0.5, 0.6) is 5.75 Å². The van der Waals surface area contributed by atoms with E-state index in [4.69, 9.17) is 9.84 Å². The first-order chi connectivity index (χ1) is 7.75. The molecule has 0 saturated carbocycles. The van der Waals surface area contributed by atoms with Crippen LogP contribution in [0.4, 0.5) is 0 Å². The molecule has 3 heteroatoms. The minimum atomic E-state index is -0.371. The van der Waals surface area contributed by atoms with Crippen LogP contribution in [-0.2, 0) is 11.8 Å². The Morgan fingerprint density at radius 2 is 2.38 bits per heavy atom. The van der Waals surface area contributed by atoms with Crippen LogP contribution >= 0.6 is 0 Å². The van der Waals surface area contributed by atoms with E-state index in [0.29, 0.717) is 6.42 Å². The van der Waals surface area contributed by atoms with Gasteiger partial charge in [0.05, 0.1) is 18.6 Å². The Morgan fingerprint density at radius 3 is 2.94 bits per heavy atom. The summed E-state index contributed by atoms with van der Waals surface area (Å²) in [6.07, 6.45) is 2.19. The van der Waals surface area contributed by atoms with Gasteiger partial charge in [0.2, 0.25) is 0 Å². The topological polar surface area (TPSA) is 53.2 Å². The Labute approximate surface area is 95.3 Å². The van der Waals surface area contributed by atoms with E-state index in [9.17, 15) is 5.26 Å². The number of aliphatic hydroxyl groups excluding tert-OH is 1. The summed E-state index contributed by atoms with van der Waals surface area (Å²) in [5.41, 5.74) is 1.92. The van der Waals surface area contributed by atoms with Crippen molar-refractivity contribution in [2.75, 3.05) is 13.7 Å². The van der Waals surface area contributed by atoms with E-state index in [-0.39, 0.29) is 12.0 Å². The van der Waals surface area contributed by atoms with Gasteiger partial charge in [-0.15, -0.1) is 0 Å². The van der Waals surface area contributed by atoms with Gasteiger partial charge in [-0.2, -0.15) is 5.26 Å². The van der Waals surface area contributed by atoms with Crippen molar-refractivity contribution < 1.29 is 9.84 Å². The average molecular weight is 217 g/mol. The summed E-state index contributed by atoms with van der Waals surface area (Å²) < 4.78 is 5.14. The molecule has 0 fully saturated rings. The Balaban J connectivity index is 2.25. The van der Waals surface area contributed by atoms with E-state index in [0.717, 1.165) is 24.2 Å². The van der Waals surface area contributed by atoms with Gasteiger partial charge in [-0.05, 0) is 42.5 Å². The molecule has 1 aromatic rings. The van der Waals surface area contributed by atoms with Crippen LogP contribution in [0.3, 0.4) is 0 Å². The van der Waals surface area contributed by atoms with E-state index in [2.05, 4.69) is 6.07 Å². The zero-order valence-corrected chi connectivity index (χ0v) is 9.36. The predicted octanol–water partition coefficient (Wildman–Crippen LogP) is 1.79. The van der Waals surface area contributed by atoms with Gasteiger partial charge in [0.1, 0.15) is 5.75 Å². The van der Waals surface area contributed by atoms with E-state index >= 15 is 0 Å². The van der Waals surface area contributed by atoms with Gasteiger partial charge in [0.15, 0.2) is 0 Å². The SMILES string of the molecule is COc1ccc2c(c1)CC2(C#N)CCCO. The summed E-state index contributed by atoms with van der Waals surface area (Å²) in [6, 6.07) is 8.24. The lowest BCUT2D eigenvalue weighted by molar-refractivity contribution is 0.266. The summed E-state index contributed by atoms with van der Waals surface area (Å²) >= 11 is 0. The van der Waals surface area contributed by atoms with Crippen molar-refractivity contribution in [3.63, 3.8) is 0 Å². The van der Waals surface area contributed by atoms with Crippen LogP contribution in [0.2, 0.25) is 0 Å². The molecule has 0 amide bonds. The van der Waals surface area contributed by atoms with Crippen LogP contribution < -0.4 is 4.74 Å². The number of ether oxygens (including phenoxy) is 1. The highest BCUT2D eigenvalue weighted by Crippen LogP contribution is 2.45. The number of nitrogens with zero attached hydrogens (tertiary/aromatic N) is 1. The lowest BCUT2D eigenvalue weighted by Gasteiger charge is -2.38. The fourth-order valence-corrected chi connectivity index (χ4v) is 2.38. The van der Waals surface area contributed by atoms with Crippen LogP contribution in [0.1, 0.15) is 24.0 Å². The maximum Gasteiger partial charge on any atom is 0.119 e. The molecule has 2 rings (SSSR count). The van der Waals surface area contributed by atoms with Gasteiger partial charge in [-0.3, -0.25) is 0 Å². The molecular formula is C13H15NO2. The first kappa shape index (κ1) is 11.0. The first-order valence-corrected chi connectivity index (χ1v) is 5.45. The third-order valence-corrected chi connectivity index (χ3v) is 3.30. The van der Waals surface area contributed by atoms with Crippen LogP contribution in [0.25, 0.3) is 0 Å². The summed E-state index contributed by atoms with van der Waals surface area (Å²) in [5.74, 6) is 0.840. The fraction of sp³-hybridized carbons (Fsp3) is 0.462. The molecule has 1 aliphatic carbocycles. The van der Waals surface area contributed by atoms with Crippen molar-refractivity contribution in [1.82, 2.24) is 0 Å². The second-order valence-electron chi connectivity index (χ2n) is 4.22. The van der Waals surface area contributed by atoms with Crippen molar-refractivity contribution >= 4 is 0 Å². The normalized spacial score (nSPS) is 21.8. The molecule has 0 aliphatic heterocycles. The number of fused-ring (bicyclic) bond motifs is 1. The summed E-state index contributed by atoms with van der Waals surface area (Å²) in [7, 11) is 1.64. The molecule has 0 heterocycles. The molecule has 1 aromatic carbocycles. The van der Waals surface area contributed by atoms with Crippen molar-refractivity contribution in [2.45, 2.75) is 24.7 Å². The number of nitriles is 1. The van der Waals surface area contributed by atoms with Gasteiger partial charge in [-0.1, -0.05) is 6.07 Å². The summed E-state index contributed by atoms with van der Waals surface area (Å²) in [5, 5.41) is 18.1. The molecule has 1 aliphatic rings. The highest BCUT2D eigenvalue weighted by atomic mass is 16.5. The van der Waals surface area contributed by atoms with Gasteiger partial charge in [-0.25, -0.2) is 0 Å². The van der Waals surface area contributed by atoms with Gasteiger partial charge < -0.3 is 9.84 Å². The summed E-state index contributed by atoms with van der Waals surface area (Å²) in [6.45, 7) is 0.148. The molecule has 0 radical (unpaired) electrons. The summed E-state index contributed by atoms with van der Waals surface area (Å²) in [4.78, 5) is 0. The molecule has 16 heavy (non-hydrogen) atoms. The molecule has 0 saturated heterocycles. The van der Waals surface area contributed by atoms with E-state index < -0.39 is 0 Å². The highest BCUT2D eigenvalue weighted by Gasteiger charge is 2.42. The fourth-order valence-electron chi connectivity index (χ4n) is 2.38. The Bertz CT molecular complexity index is 436. The number of aliphatic hydroxyl groups is 1. The standard InChI is InChI=1S/C13H15NO2/c1-16-11-3-4-12-10(7-11)8-13(12,9-14)5-2-6-15/h3-4,7,15H,2,5-6,8H2,1H3. The minimum Gasteiger partial charge on any atom is -0.497 e. The lowest BCUT2D eigenvalue weighted by atomic mass is 9.62. The molecule has 3 nitrogen and oxygen atoms in total. The molecule has 0 spiro atoms. The Hall–Kier alpha value is -1.53. The lowest BCUT2D eigenvalue weighted by Crippen LogP contribution is -2.37. The molecule has 1 unspecified atom stereocenters. The quantitative estimate of drug-likeness (QED) is 0.836. The van der Waals surface area contributed by atoms with E-state index in [1.165, 1.54) is 5.56 Å². The largest absolute Gasteiger partial charge is 0.497 e. The van der Waals surface area contributed by atoms with Crippen molar-refractivity contribution in [2.24, 2.45) is 0 Å². The number of methoxy groups -OCH3 is 1. The van der Waals surface area contributed by atoms with Gasteiger partial charge in [0.25, 0.3) is 0 Å². The Morgan fingerprint density at radius 1 is 1.56 bits per heavy atom. The predicted molar refractivity (Wildman–Crippen MR) is 60.3 cm³/mol. The van der Waals surface area contributed by atoms with Gasteiger partial charge >= 0.3 is 0 Å². The number of hydrogen-bond acceptors (Lipinski definition) is 3. The average Bonchev–Trinajstić information content (AvgIpc) is 2.30. The van der Waals surface area contributed by atoms with Crippen LogP contribution in [0, 0.1) is 11.3 Å². The minimum absolute atomic E-state index is 0.148. The number of benzene rings is 1. The van der Waals surface area contributed by atoms with Gasteiger partial charge in [0, 0.05) is 6.61 Å². The van der Waals surface area contributed by atoms with Crippen LogP contribution in [-0.4, -0.2) is 18.8 Å². The smallest absolute Gasteiger partial charge is 0.119 e. The maximum absolute atomic E-state index is 9.27. The second-order valence-corrected chi connectivity index (χ2v) is 4.22. The molecule has 0 bridgehead atoms. The monoisotopic (exact) mass is 217 g/mol. The number of hydrogen-bond donors (Lipinski definition) is 1. The zero-order valence-electron chi connectivity index (χ0n) is 9.36. The van der Waals surface area contributed by atoms with E-state index in [1.807, 2.05) is 18.2 Å². The molecular weight excluding hydrogens is 202 g/mol. The maximum atomic E-state index is 9.27. The van der Waals surface area contributed by atoms with Crippen molar-refractivity contribution in [3.8, 4) is 11.8 Å². The van der Waals surface area contributed by atoms with E-state index in [1.54, 1.807) is 7.11 Å². The molecule has 1 N–H and O–H groups in total. The highest BCUT2D eigenvalue weighted by molar-refractivity contribution is 5.52. The molecule has 1 atom stereocenters. The second kappa shape index (κ2) is 4.15. The Kier molecular flexibility index (Phi) is 2.84. The molecule has 84 valence electrons. The third kappa shape index (κ3) is 1.56. The third-order valence-electron chi connectivity index (χ3n) is 3.30.